The smallest absolute Gasteiger partial charge is 0.416 e. The number of benzene rings is 2. The lowest BCUT2D eigenvalue weighted by molar-refractivity contribution is -0.144. The molecule has 0 amide bonds. The first-order valence-electron chi connectivity index (χ1n) is 14.8. The van der Waals surface area contributed by atoms with Gasteiger partial charge in [0, 0.05) is 24.8 Å². The molecule has 0 bridgehead atoms. The van der Waals surface area contributed by atoms with Gasteiger partial charge in [0.15, 0.2) is 0 Å². The highest BCUT2D eigenvalue weighted by Gasteiger charge is 2.41. The number of fused-ring (bicyclic) bond motifs is 1. The molecular weight excluding hydrogens is 647 g/mol. The van der Waals surface area contributed by atoms with E-state index in [9.17, 15) is 49.4 Å². The number of hydrogen-bond acceptors (Lipinski definition) is 6. The number of carboxylic acids is 1. The van der Waals surface area contributed by atoms with E-state index in [-0.39, 0.29) is 47.8 Å². The van der Waals surface area contributed by atoms with Gasteiger partial charge in [0.2, 0.25) is 0 Å². The zero-order valence-corrected chi connectivity index (χ0v) is 25.2. The van der Waals surface area contributed by atoms with Crippen LogP contribution in [-0.4, -0.2) is 43.9 Å². The number of halogens is 9. The first-order valence-corrected chi connectivity index (χ1v) is 14.8. The van der Waals surface area contributed by atoms with Gasteiger partial charge in [-0.3, -0.25) is 4.79 Å². The van der Waals surface area contributed by atoms with Crippen LogP contribution >= 0.6 is 0 Å². The van der Waals surface area contributed by atoms with Crippen molar-refractivity contribution in [1.82, 2.24) is 20.2 Å². The number of aryl methyl sites for hydroxylation is 2. The van der Waals surface area contributed by atoms with Crippen LogP contribution in [0.1, 0.15) is 77.9 Å². The summed E-state index contributed by atoms with van der Waals surface area (Å²) < 4.78 is 125. The van der Waals surface area contributed by atoms with Gasteiger partial charge in [-0.1, -0.05) is 11.2 Å². The van der Waals surface area contributed by atoms with Crippen LogP contribution in [-0.2, 0) is 36.9 Å². The Morgan fingerprint density at radius 2 is 1.51 bits per heavy atom. The van der Waals surface area contributed by atoms with Gasteiger partial charge in [-0.05, 0) is 91.6 Å². The third-order valence-corrected chi connectivity index (χ3v) is 8.84. The maximum absolute atomic E-state index is 14.2. The van der Waals surface area contributed by atoms with Crippen molar-refractivity contribution in [3.63, 3.8) is 0 Å². The molecule has 1 aromatic heterocycles. The van der Waals surface area contributed by atoms with Gasteiger partial charge in [0.05, 0.1) is 35.7 Å². The predicted octanol–water partition coefficient (Wildman–Crippen LogP) is 7.57. The molecule has 1 aliphatic heterocycles. The molecule has 2 aromatic carbocycles. The number of hydrogen-bond donors (Lipinski definition) is 1. The summed E-state index contributed by atoms with van der Waals surface area (Å²) in [6.07, 6.45) is -12.8. The minimum atomic E-state index is -5.09. The fourth-order valence-corrected chi connectivity index (χ4v) is 6.62. The van der Waals surface area contributed by atoms with Crippen LogP contribution in [0.3, 0.4) is 0 Å². The Bertz CT molecular complexity index is 1580. The number of tetrazole rings is 1. The quantitative estimate of drug-likeness (QED) is 0.269. The van der Waals surface area contributed by atoms with Crippen LogP contribution in [0.4, 0.5) is 51.1 Å². The summed E-state index contributed by atoms with van der Waals surface area (Å²) in [7, 11) is 1.41. The number of aliphatic carboxylic acids is 1. The Hall–Kier alpha value is -4.05. The maximum Gasteiger partial charge on any atom is 0.416 e. The van der Waals surface area contributed by atoms with Crippen molar-refractivity contribution in [3.05, 3.63) is 63.7 Å². The van der Waals surface area contributed by atoms with E-state index in [1.807, 2.05) is 4.90 Å². The molecule has 0 radical (unpaired) electrons. The average Bonchev–Trinajstić information content (AvgIpc) is 3.32. The second-order valence-electron chi connectivity index (χ2n) is 12.0. The zero-order valence-electron chi connectivity index (χ0n) is 25.2. The number of aromatic nitrogens is 4. The Kier molecular flexibility index (Phi) is 9.14. The molecule has 3 aromatic rings. The van der Waals surface area contributed by atoms with Crippen molar-refractivity contribution in [2.45, 2.75) is 82.6 Å². The van der Waals surface area contributed by atoms with Crippen molar-refractivity contribution >= 4 is 17.6 Å². The number of carbonyl (C=O) groups is 1. The molecule has 47 heavy (non-hydrogen) atoms. The summed E-state index contributed by atoms with van der Waals surface area (Å²) in [5.74, 6) is -1.64. The molecule has 0 saturated heterocycles. The highest BCUT2D eigenvalue weighted by atomic mass is 19.4. The topological polar surface area (TPSA) is 87.4 Å². The van der Waals surface area contributed by atoms with Gasteiger partial charge in [-0.25, -0.2) is 0 Å². The maximum atomic E-state index is 14.2. The van der Waals surface area contributed by atoms with E-state index in [2.05, 4.69) is 15.4 Å². The molecule has 1 N–H and O–H groups in total. The normalized spacial score (nSPS) is 20.9. The van der Waals surface area contributed by atoms with Crippen molar-refractivity contribution in [3.8, 4) is 0 Å². The van der Waals surface area contributed by atoms with Crippen molar-refractivity contribution in [1.29, 1.82) is 0 Å². The van der Waals surface area contributed by atoms with Gasteiger partial charge in [-0.2, -0.15) is 44.3 Å². The summed E-state index contributed by atoms with van der Waals surface area (Å²) in [5, 5.41) is 21.4. The van der Waals surface area contributed by atoms with E-state index in [0.29, 0.717) is 49.8 Å². The van der Waals surface area contributed by atoms with Crippen molar-refractivity contribution in [2.24, 2.45) is 13.0 Å². The number of carboxylic acid groups (broad SMARTS) is 1. The molecule has 1 unspecified atom stereocenters. The first-order chi connectivity index (χ1) is 21.8. The van der Waals surface area contributed by atoms with E-state index in [4.69, 9.17) is 0 Å². The van der Waals surface area contributed by atoms with Crippen molar-refractivity contribution < 1.29 is 49.4 Å². The van der Waals surface area contributed by atoms with Gasteiger partial charge in [-0.15, -0.1) is 5.10 Å². The molecule has 2 aliphatic rings. The lowest BCUT2D eigenvalue weighted by Crippen LogP contribution is -2.40. The molecule has 1 fully saturated rings. The minimum Gasteiger partial charge on any atom is -0.481 e. The number of nitrogens with zero attached hydrogens (tertiary/aromatic N) is 6. The van der Waals surface area contributed by atoms with Crippen LogP contribution in [0, 0.1) is 12.8 Å². The number of alkyl halides is 9. The molecule has 2 heterocycles. The van der Waals surface area contributed by atoms with E-state index in [1.165, 1.54) is 24.9 Å². The largest absolute Gasteiger partial charge is 0.481 e. The summed E-state index contributed by atoms with van der Waals surface area (Å²) in [6, 6.07) is 2.44. The third-order valence-electron chi connectivity index (χ3n) is 8.84. The van der Waals surface area contributed by atoms with Crippen LogP contribution in [0.2, 0.25) is 0 Å². The molecule has 8 nitrogen and oxygen atoms in total. The van der Waals surface area contributed by atoms with Crippen LogP contribution in [0.15, 0.2) is 30.3 Å². The molecule has 256 valence electrons. The van der Waals surface area contributed by atoms with E-state index >= 15 is 0 Å². The molecule has 1 saturated carbocycles. The third kappa shape index (κ3) is 7.43. The number of anilines is 2. The summed E-state index contributed by atoms with van der Waals surface area (Å²) in [5.41, 5.74) is -3.82. The molecular formula is C30H31F9N6O2. The van der Waals surface area contributed by atoms with Gasteiger partial charge >= 0.3 is 24.5 Å². The highest BCUT2D eigenvalue weighted by Crippen LogP contribution is 2.46. The van der Waals surface area contributed by atoms with E-state index in [1.54, 1.807) is 0 Å². The Balaban J connectivity index is 1.64. The fourth-order valence-electron chi connectivity index (χ4n) is 6.62. The minimum absolute atomic E-state index is 0.0222. The van der Waals surface area contributed by atoms with Crippen LogP contribution < -0.4 is 9.80 Å². The molecule has 1 aliphatic carbocycles. The SMILES string of the molecule is Cc1cc2c(cc1C(F)(F)F)N(C1CCC(C(=O)O)CC1)CCCC2N(Cc1cc(C(F)(F)F)cc(C(F)(F)F)c1)c1nnn(C)n1. The standard InChI is InChI=1S/C30H31F9N6O2/c1-16-10-22-24(4-3-9-44(25(22)14-23(16)30(37,38)39)21-7-5-18(6-8-21)26(46)47)45(27-40-42-43(2)41-27)15-17-11-19(28(31,32)33)13-20(12-17)29(34,35)36/h10-14,18,21,24H,3-9,15H2,1-2H3,(H,46,47). The molecule has 0 spiro atoms. The summed E-state index contributed by atoms with van der Waals surface area (Å²) >= 11 is 0. The lowest BCUT2D eigenvalue weighted by atomic mass is 9.85. The fraction of sp³-hybridized carbons (Fsp3) is 0.533. The van der Waals surface area contributed by atoms with Gasteiger partial charge < -0.3 is 14.9 Å². The first kappa shape index (κ1) is 34.3. The molecule has 1 atom stereocenters. The average molecular weight is 679 g/mol. The second-order valence-corrected chi connectivity index (χ2v) is 12.0. The Morgan fingerprint density at radius 1 is 0.894 bits per heavy atom. The van der Waals surface area contributed by atoms with Crippen molar-refractivity contribution in [2.75, 3.05) is 16.3 Å². The highest BCUT2D eigenvalue weighted by molar-refractivity contribution is 5.70. The van der Waals surface area contributed by atoms with Crippen LogP contribution in [0.25, 0.3) is 0 Å². The Labute approximate surface area is 263 Å². The van der Waals surface area contributed by atoms with E-state index in [0.717, 1.165) is 10.9 Å². The van der Waals surface area contributed by atoms with Gasteiger partial charge in [0.1, 0.15) is 0 Å². The lowest BCUT2D eigenvalue weighted by Gasteiger charge is -2.39. The van der Waals surface area contributed by atoms with Crippen LogP contribution in [0.5, 0.6) is 0 Å². The predicted molar refractivity (Wildman–Crippen MR) is 150 cm³/mol. The molecule has 17 heteroatoms. The second kappa shape index (κ2) is 12.5. The summed E-state index contributed by atoms with van der Waals surface area (Å²) in [6.45, 7) is 1.02. The number of rotatable bonds is 6. The molecule has 5 rings (SSSR count). The monoisotopic (exact) mass is 678 g/mol. The van der Waals surface area contributed by atoms with Gasteiger partial charge in [0.25, 0.3) is 5.95 Å². The van der Waals surface area contributed by atoms with E-state index < -0.39 is 59.7 Å². The zero-order chi connectivity index (χ0) is 34.5. The Morgan fingerprint density at radius 3 is 2.02 bits per heavy atom. The summed E-state index contributed by atoms with van der Waals surface area (Å²) in [4.78, 5) is 15.8.